The molecule has 0 fully saturated rings. The quantitative estimate of drug-likeness (QED) is 0.514. The Balaban J connectivity index is 3.47. The molecule has 0 N–H and O–H groups in total. The molecular weight excluding hydrogens is 181 g/mol. The number of rotatable bonds is 2. The van der Waals surface area contributed by atoms with Gasteiger partial charge in [0.05, 0.1) is 0 Å². The molecule has 1 aromatic carbocycles. The summed E-state index contributed by atoms with van der Waals surface area (Å²) >= 11 is 0. The normalized spacial score (nSPS) is 10.2. The molecule has 1 rings (SSSR count). The van der Waals surface area contributed by atoms with Crippen LogP contribution in [-0.4, -0.2) is 6.29 Å². The van der Waals surface area contributed by atoms with Crippen molar-refractivity contribution in [1.82, 2.24) is 0 Å². The second-order valence-electron chi connectivity index (χ2n) is 2.53. The second kappa shape index (κ2) is 3.60. The van der Waals surface area contributed by atoms with Crippen molar-refractivity contribution in [2.75, 3.05) is 0 Å². The fourth-order valence-corrected chi connectivity index (χ4v) is 1.12. The number of hydrogen-bond acceptors (Lipinski definition) is 1. The number of hydrogen-bond donors (Lipinski definition) is 0. The molecule has 0 saturated heterocycles. The first-order valence-corrected chi connectivity index (χ1v) is 3.73. The summed E-state index contributed by atoms with van der Waals surface area (Å²) in [6.45, 7) is 1.56. The molecule has 0 bridgehead atoms. The highest BCUT2D eigenvalue weighted by Gasteiger charge is 2.16. The van der Waals surface area contributed by atoms with Gasteiger partial charge in [0.2, 0.25) is 0 Å². The molecule has 0 aromatic heterocycles. The first-order valence-electron chi connectivity index (χ1n) is 3.73. The standard InChI is InChI=1S/C9H7F3O/c1-2-6-5(4-13)3-7(10)9(12)8(6)11/h3-4H,2H2,1H3. The fraction of sp³-hybridized carbons (Fsp3) is 0.222. The third kappa shape index (κ3) is 1.56. The highest BCUT2D eigenvalue weighted by atomic mass is 19.2. The van der Waals surface area contributed by atoms with Crippen LogP contribution in [0.1, 0.15) is 22.8 Å². The summed E-state index contributed by atoms with van der Waals surface area (Å²) in [6.07, 6.45) is 0.460. The summed E-state index contributed by atoms with van der Waals surface area (Å²) in [5, 5.41) is 0. The van der Waals surface area contributed by atoms with E-state index in [2.05, 4.69) is 0 Å². The summed E-state index contributed by atoms with van der Waals surface area (Å²) in [4.78, 5) is 10.3. The molecule has 0 radical (unpaired) electrons. The van der Waals surface area contributed by atoms with E-state index in [0.717, 1.165) is 0 Å². The van der Waals surface area contributed by atoms with Gasteiger partial charge in [0.1, 0.15) is 0 Å². The lowest BCUT2D eigenvalue weighted by molar-refractivity contribution is 0.112. The first-order chi connectivity index (χ1) is 6.11. The van der Waals surface area contributed by atoms with Gasteiger partial charge in [0, 0.05) is 11.1 Å². The third-order valence-corrected chi connectivity index (χ3v) is 1.78. The number of carbonyl (C=O) groups is 1. The molecule has 0 heterocycles. The van der Waals surface area contributed by atoms with Gasteiger partial charge in [0.15, 0.2) is 23.7 Å². The molecule has 1 nitrogen and oxygen atoms in total. The molecule has 0 spiro atoms. The van der Waals surface area contributed by atoms with Gasteiger partial charge < -0.3 is 0 Å². The van der Waals surface area contributed by atoms with Crippen LogP contribution in [-0.2, 0) is 6.42 Å². The maximum atomic E-state index is 12.9. The van der Waals surface area contributed by atoms with E-state index in [1.165, 1.54) is 0 Å². The minimum atomic E-state index is -1.53. The number of benzene rings is 1. The molecule has 0 aliphatic rings. The van der Waals surface area contributed by atoms with E-state index in [1.807, 2.05) is 0 Å². The molecule has 0 atom stereocenters. The van der Waals surface area contributed by atoms with E-state index in [1.54, 1.807) is 6.92 Å². The molecule has 13 heavy (non-hydrogen) atoms. The SMILES string of the molecule is CCc1c(C=O)cc(F)c(F)c1F. The zero-order valence-electron chi connectivity index (χ0n) is 6.90. The zero-order valence-corrected chi connectivity index (χ0v) is 6.90. The second-order valence-corrected chi connectivity index (χ2v) is 2.53. The topological polar surface area (TPSA) is 17.1 Å². The lowest BCUT2D eigenvalue weighted by atomic mass is 10.1. The average molecular weight is 188 g/mol. The summed E-state index contributed by atoms with van der Waals surface area (Å²) in [6, 6.07) is 0.699. The highest BCUT2D eigenvalue weighted by Crippen LogP contribution is 2.19. The summed E-state index contributed by atoms with van der Waals surface area (Å²) in [5.41, 5.74) is -0.229. The van der Waals surface area contributed by atoms with E-state index < -0.39 is 17.5 Å². The Bertz CT molecular complexity index is 347. The molecular formula is C9H7F3O. The number of carbonyl (C=O) groups excluding carboxylic acids is 1. The van der Waals surface area contributed by atoms with Crippen LogP contribution < -0.4 is 0 Å². The van der Waals surface area contributed by atoms with E-state index in [0.29, 0.717) is 12.4 Å². The first kappa shape index (κ1) is 9.77. The third-order valence-electron chi connectivity index (χ3n) is 1.78. The maximum Gasteiger partial charge on any atom is 0.194 e. The van der Waals surface area contributed by atoms with Gasteiger partial charge in [-0.15, -0.1) is 0 Å². The largest absolute Gasteiger partial charge is 0.298 e. The van der Waals surface area contributed by atoms with Crippen LogP contribution in [0.25, 0.3) is 0 Å². The molecule has 0 amide bonds. The van der Waals surface area contributed by atoms with E-state index >= 15 is 0 Å². The molecule has 0 aliphatic heterocycles. The Morgan fingerprint density at radius 3 is 2.38 bits per heavy atom. The van der Waals surface area contributed by atoms with Gasteiger partial charge in [-0.3, -0.25) is 4.79 Å². The Labute approximate surface area is 73.2 Å². The van der Waals surface area contributed by atoms with Crippen molar-refractivity contribution in [2.45, 2.75) is 13.3 Å². The van der Waals surface area contributed by atoms with Crippen LogP contribution in [0.4, 0.5) is 13.2 Å². The van der Waals surface area contributed by atoms with Crippen LogP contribution in [0.5, 0.6) is 0 Å². The molecule has 0 unspecified atom stereocenters. The maximum absolute atomic E-state index is 12.9. The molecule has 0 aliphatic carbocycles. The van der Waals surface area contributed by atoms with Gasteiger partial charge in [-0.05, 0) is 12.5 Å². The lowest BCUT2D eigenvalue weighted by Gasteiger charge is -2.04. The van der Waals surface area contributed by atoms with Gasteiger partial charge in [0.25, 0.3) is 0 Å². The Morgan fingerprint density at radius 1 is 1.31 bits per heavy atom. The summed E-state index contributed by atoms with van der Waals surface area (Å²) in [5.74, 6) is -4.14. The predicted octanol–water partition coefficient (Wildman–Crippen LogP) is 2.48. The monoisotopic (exact) mass is 188 g/mol. The van der Waals surface area contributed by atoms with Crippen LogP contribution in [0.3, 0.4) is 0 Å². The van der Waals surface area contributed by atoms with Crippen molar-refractivity contribution >= 4 is 6.29 Å². The van der Waals surface area contributed by atoms with E-state index in [-0.39, 0.29) is 17.5 Å². The summed E-state index contributed by atoms with van der Waals surface area (Å²) in [7, 11) is 0. The summed E-state index contributed by atoms with van der Waals surface area (Å²) < 4.78 is 38.1. The number of aldehydes is 1. The Kier molecular flexibility index (Phi) is 2.70. The van der Waals surface area contributed by atoms with E-state index in [4.69, 9.17) is 0 Å². The fourth-order valence-electron chi connectivity index (χ4n) is 1.12. The Morgan fingerprint density at radius 2 is 1.92 bits per heavy atom. The zero-order chi connectivity index (χ0) is 10.0. The predicted molar refractivity (Wildman–Crippen MR) is 41.1 cm³/mol. The van der Waals surface area contributed by atoms with Gasteiger partial charge in [-0.1, -0.05) is 6.92 Å². The Hall–Kier alpha value is -1.32. The number of halogens is 3. The van der Waals surface area contributed by atoms with Crippen molar-refractivity contribution in [3.05, 3.63) is 34.6 Å². The van der Waals surface area contributed by atoms with E-state index in [9.17, 15) is 18.0 Å². The van der Waals surface area contributed by atoms with Gasteiger partial charge in [-0.25, -0.2) is 13.2 Å². The molecule has 70 valence electrons. The van der Waals surface area contributed by atoms with Crippen molar-refractivity contribution in [3.8, 4) is 0 Å². The van der Waals surface area contributed by atoms with Crippen molar-refractivity contribution in [3.63, 3.8) is 0 Å². The van der Waals surface area contributed by atoms with Crippen LogP contribution in [0.2, 0.25) is 0 Å². The van der Waals surface area contributed by atoms with Gasteiger partial charge in [-0.2, -0.15) is 0 Å². The molecule has 0 saturated carbocycles. The van der Waals surface area contributed by atoms with Crippen LogP contribution in [0.15, 0.2) is 6.07 Å². The van der Waals surface area contributed by atoms with Crippen molar-refractivity contribution in [1.29, 1.82) is 0 Å². The minimum Gasteiger partial charge on any atom is -0.298 e. The van der Waals surface area contributed by atoms with Gasteiger partial charge >= 0.3 is 0 Å². The van der Waals surface area contributed by atoms with Crippen LogP contribution in [0, 0.1) is 17.5 Å². The molecule has 4 heteroatoms. The average Bonchev–Trinajstić information content (AvgIpc) is 2.13. The smallest absolute Gasteiger partial charge is 0.194 e. The molecule has 1 aromatic rings. The minimum absolute atomic E-state index is 0.0890. The van der Waals surface area contributed by atoms with Crippen molar-refractivity contribution in [2.24, 2.45) is 0 Å². The van der Waals surface area contributed by atoms with Crippen molar-refractivity contribution < 1.29 is 18.0 Å². The highest BCUT2D eigenvalue weighted by molar-refractivity contribution is 5.77. The van der Waals surface area contributed by atoms with Crippen LogP contribution >= 0.6 is 0 Å². The lowest BCUT2D eigenvalue weighted by Crippen LogP contribution is -2.02.